The molecule has 7 atom stereocenters. The number of carbonyl (C=O) groups excluding carboxylic acids is 7. The molecule has 54 heavy (non-hydrogen) atoms. The molecule has 0 radical (unpaired) electrons. The van der Waals surface area contributed by atoms with E-state index in [9.17, 15) is 38.7 Å². The number of carbonyl (C=O) groups is 7. The minimum atomic E-state index is -1.45. The third-order valence-corrected chi connectivity index (χ3v) is 10.8. The summed E-state index contributed by atoms with van der Waals surface area (Å²) in [5.41, 5.74) is 0.543. The molecule has 4 fully saturated rings. The lowest BCUT2D eigenvalue weighted by Gasteiger charge is -2.41. The fourth-order valence-electron chi connectivity index (χ4n) is 7.80. The number of rotatable bonds is 9. The molecule has 1 unspecified atom stereocenters. The van der Waals surface area contributed by atoms with E-state index in [2.05, 4.69) is 16.0 Å². The number of fused-ring (bicyclic) bond motifs is 3. The maximum Gasteiger partial charge on any atom is 0.328 e. The van der Waals surface area contributed by atoms with Crippen LogP contribution in [0.1, 0.15) is 84.1 Å². The number of phenolic OH excluding ortho intramolecular Hbond substituents is 1. The van der Waals surface area contributed by atoms with E-state index in [1.807, 2.05) is 13.8 Å². The molecule has 4 aliphatic heterocycles. The predicted molar refractivity (Wildman–Crippen MR) is 196 cm³/mol. The minimum absolute atomic E-state index is 0.0291. The highest BCUT2D eigenvalue weighted by molar-refractivity contribution is 5.98. The van der Waals surface area contributed by atoms with Gasteiger partial charge in [0.2, 0.25) is 35.4 Å². The van der Waals surface area contributed by atoms with E-state index >= 15 is 0 Å². The highest BCUT2D eigenvalue weighted by Crippen LogP contribution is 2.28. The first-order valence-electron chi connectivity index (χ1n) is 19.3. The lowest BCUT2D eigenvalue weighted by atomic mass is 9.91. The van der Waals surface area contributed by atoms with Crippen LogP contribution in [-0.4, -0.2) is 124 Å². The largest absolute Gasteiger partial charge is 0.508 e. The molecule has 15 nitrogen and oxygen atoms in total. The van der Waals surface area contributed by atoms with Crippen LogP contribution in [-0.2, 0) is 44.7 Å². The van der Waals surface area contributed by atoms with E-state index in [0.717, 1.165) is 12.8 Å². The van der Waals surface area contributed by atoms with Crippen LogP contribution in [0, 0.1) is 5.92 Å². The molecule has 0 spiro atoms. The molecule has 1 aromatic carbocycles. The second kappa shape index (κ2) is 18.4. The number of nitrogens with zero attached hydrogens (tertiary/aromatic N) is 3. The van der Waals surface area contributed by atoms with Gasteiger partial charge in [0, 0.05) is 26.1 Å². The second-order valence-electron chi connectivity index (χ2n) is 15.0. The number of ether oxygens (including phenoxy) is 1. The highest BCUT2D eigenvalue weighted by Gasteiger charge is 2.46. The fraction of sp³-hybridized carbons (Fsp3) is 0.615. The van der Waals surface area contributed by atoms with E-state index in [-0.39, 0.29) is 31.2 Å². The second-order valence-corrected chi connectivity index (χ2v) is 15.0. The summed E-state index contributed by atoms with van der Waals surface area (Å²) in [5.74, 6) is -3.91. The van der Waals surface area contributed by atoms with Crippen molar-refractivity contribution >= 4 is 41.4 Å². The van der Waals surface area contributed by atoms with Gasteiger partial charge in [-0.15, -0.1) is 0 Å². The molecular weight excluding hydrogens is 696 g/mol. The van der Waals surface area contributed by atoms with Gasteiger partial charge < -0.3 is 40.5 Å². The summed E-state index contributed by atoms with van der Waals surface area (Å²) in [7, 11) is 0. The Balaban J connectivity index is 1.45. The minimum Gasteiger partial charge on any atom is -0.508 e. The van der Waals surface area contributed by atoms with Gasteiger partial charge in [0.25, 0.3) is 0 Å². The molecule has 6 amide bonds. The van der Waals surface area contributed by atoms with Gasteiger partial charge in [0.1, 0.15) is 48.6 Å². The van der Waals surface area contributed by atoms with Crippen molar-refractivity contribution in [2.24, 2.45) is 5.92 Å². The Morgan fingerprint density at radius 2 is 1.65 bits per heavy atom. The summed E-state index contributed by atoms with van der Waals surface area (Å²) in [6, 6.07) is -0.112. The van der Waals surface area contributed by atoms with Crippen LogP contribution in [0.3, 0.4) is 0 Å². The van der Waals surface area contributed by atoms with Gasteiger partial charge in [-0.3, -0.25) is 28.8 Å². The van der Waals surface area contributed by atoms with Crippen LogP contribution in [0.2, 0.25) is 0 Å². The summed E-state index contributed by atoms with van der Waals surface area (Å²) >= 11 is 0. The van der Waals surface area contributed by atoms with Crippen LogP contribution in [0.5, 0.6) is 5.75 Å². The number of aromatic hydroxyl groups is 1. The zero-order valence-corrected chi connectivity index (χ0v) is 31.5. The van der Waals surface area contributed by atoms with Crippen LogP contribution in [0.15, 0.2) is 36.4 Å². The molecule has 4 saturated heterocycles. The molecule has 5 rings (SSSR count). The number of amides is 6. The van der Waals surface area contributed by atoms with E-state index in [1.165, 1.54) is 32.9 Å². The van der Waals surface area contributed by atoms with Gasteiger partial charge >= 0.3 is 5.97 Å². The van der Waals surface area contributed by atoms with Gasteiger partial charge in [-0.05, 0) is 81.6 Å². The van der Waals surface area contributed by atoms with E-state index < -0.39 is 84.3 Å². The van der Waals surface area contributed by atoms with Crippen molar-refractivity contribution in [3.8, 4) is 5.75 Å². The first-order valence-corrected chi connectivity index (χ1v) is 19.3. The number of hydrogen-bond acceptors (Lipinski definition) is 9. The normalized spacial score (nSPS) is 27.5. The first kappa shape index (κ1) is 40.2. The third kappa shape index (κ3) is 9.77. The van der Waals surface area contributed by atoms with Crippen LogP contribution < -0.4 is 16.0 Å². The lowest BCUT2D eigenvalue weighted by molar-refractivity contribution is -0.158. The van der Waals surface area contributed by atoms with Crippen molar-refractivity contribution in [3.05, 3.63) is 42.0 Å². The number of nitrogens with one attached hydrogen (secondary N) is 3. The van der Waals surface area contributed by atoms with Crippen molar-refractivity contribution in [2.75, 3.05) is 26.2 Å². The van der Waals surface area contributed by atoms with Crippen molar-refractivity contribution < 1.29 is 43.4 Å². The van der Waals surface area contributed by atoms with Crippen molar-refractivity contribution in [3.63, 3.8) is 0 Å². The lowest BCUT2D eigenvalue weighted by Crippen LogP contribution is -2.62. The van der Waals surface area contributed by atoms with Gasteiger partial charge in [0.15, 0.2) is 0 Å². The molecular formula is C39H54N6O9. The predicted octanol–water partition coefficient (Wildman–Crippen LogP) is 1.32. The standard InChI is InChI=1S/C39H54N6O9/c1-4-5-6-7-15-33(47)41-28(22-26-11-8-12-27(46)21-26)34(48)42-29-23-54-39(53)31-14-10-18-44(31)36(50)25(3)40-35(49)32-20-24(2)16-19-45(32)38(52)30-13-9-17-43(30)37(29)51/h7-8,11-12,15,21,24-25,28-32,46H,4-6,9-10,13-14,16-20,22-23H2,1-3H3,(H,40,49)(H,41,47)(H,42,48)/b15-7+/t24?,25-,28-,29-,30-,31-,32-/m0/s1. The molecule has 0 bridgehead atoms. The van der Waals surface area contributed by atoms with Crippen LogP contribution in [0.25, 0.3) is 0 Å². The van der Waals surface area contributed by atoms with E-state index in [1.54, 1.807) is 25.1 Å². The Labute approximate surface area is 316 Å². The molecule has 0 aliphatic carbocycles. The number of allylic oxidation sites excluding steroid dienone is 1. The van der Waals surface area contributed by atoms with Gasteiger partial charge in [-0.25, -0.2) is 4.79 Å². The average molecular weight is 751 g/mol. The fourth-order valence-corrected chi connectivity index (χ4v) is 7.80. The molecule has 4 N–H and O–H groups in total. The molecule has 294 valence electrons. The highest BCUT2D eigenvalue weighted by atomic mass is 16.5. The van der Waals surface area contributed by atoms with Crippen molar-refractivity contribution in [1.29, 1.82) is 0 Å². The monoisotopic (exact) mass is 750 g/mol. The van der Waals surface area contributed by atoms with Gasteiger partial charge in [-0.2, -0.15) is 0 Å². The maximum absolute atomic E-state index is 14.4. The first-order chi connectivity index (χ1) is 25.9. The number of hydrogen-bond donors (Lipinski definition) is 4. The quantitative estimate of drug-likeness (QED) is 0.164. The van der Waals surface area contributed by atoms with Crippen LogP contribution >= 0.6 is 0 Å². The number of phenols is 1. The summed E-state index contributed by atoms with van der Waals surface area (Å²) in [4.78, 5) is 101. The Morgan fingerprint density at radius 1 is 0.944 bits per heavy atom. The number of piperidine rings is 1. The van der Waals surface area contributed by atoms with Gasteiger partial charge in [-0.1, -0.05) is 44.9 Å². The Morgan fingerprint density at radius 3 is 2.37 bits per heavy atom. The molecule has 4 heterocycles. The Hall–Kier alpha value is -4.95. The zero-order valence-electron chi connectivity index (χ0n) is 31.5. The summed E-state index contributed by atoms with van der Waals surface area (Å²) in [6.45, 7) is 5.77. The number of benzene rings is 1. The molecule has 4 aliphatic rings. The van der Waals surface area contributed by atoms with Crippen molar-refractivity contribution in [1.82, 2.24) is 30.7 Å². The number of esters is 1. The summed E-state index contributed by atoms with van der Waals surface area (Å²) < 4.78 is 5.68. The van der Waals surface area contributed by atoms with Gasteiger partial charge in [0.05, 0.1) is 0 Å². The Kier molecular flexibility index (Phi) is 13.7. The number of cyclic esters (lactones) is 1. The summed E-state index contributed by atoms with van der Waals surface area (Å²) in [6.07, 6.45) is 8.24. The van der Waals surface area contributed by atoms with Crippen molar-refractivity contribution in [2.45, 2.75) is 121 Å². The zero-order chi connectivity index (χ0) is 38.9. The molecule has 1 aromatic rings. The molecule has 15 heteroatoms. The molecule has 0 saturated carbocycles. The smallest absolute Gasteiger partial charge is 0.328 e. The third-order valence-electron chi connectivity index (χ3n) is 10.8. The topological polar surface area (TPSA) is 195 Å². The van der Waals surface area contributed by atoms with Crippen LogP contribution in [0.4, 0.5) is 0 Å². The van der Waals surface area contributed by atoms with E-state index in [4.69, 9.17) is 4.74 Å². The number of unbranched alkanes of at least 4 members (excludes halogenated alkanes) is 2. The maximum atomic E-state index is 14.4. The average Bonchev–Trinajstić information content (AvgIpc) is 3.84. The molecule has 0 aromatic heterocycles. The van der Waals surface area contributed by atoms with E-state index in [0.29, 0.717) is 57.1 Å². The Bertz CT molecular complexity index is 1620. The SMILES string of the molecule is CCCC/C=C/C(=O)N[C@@H](Cc1cccc(O)c1)C(=O)N[C@H]1COC(=O)[C@@H]2CCCN2C(=O)[C@H](C)NC(=O)[C@@H]2CC(C)CCN2C(=O)[C@@H]2CCCN2C1=O. The summed E-state index contributed by atoms with van der Waals surface area (Å²) in [5, 5.41) is 18.3.